The molecule has 10 heteroatoms. The van der Waals surface area contributed by atoms with Gasteiger partial charge < -0.3 is 19.9 Å². The number of benzene rings is 2. The molecule has 1 heterocycles. The molecule has 1 unspecified atom stereocenters. The third kappa shape index (κ3) is 4.24. The zero-order chi connectivity index (χ0) is 21.9. The zero-order valence-corrected chi connectivity index (χ0v) is 17.3. The number of sulfonamides is 1. The highest BCUT2D eigenvalue weighted by Gasteiger charge is 2.39. The van der Waals surface area contributed by atoms with Gasteiger partial charge in [-0.1, -0.05) is 0 Å². The molecule has 1 saturated heterocycles. The van der Waals surface area contributed by atoms with E-state index in [4.69, 9.17) is 14.6 Å². The first kappa shape index (κ1) is 21.6. The Hall–Kier alpha value is -3.11. The number of carbonyl (C=O) groups excluding carboxylic acids is 1. The van der Waals surface area contributed by atoms with Crippen molar-refractivity contribution in [2.75, 3.05) is 26.1 Å². The second-order valence-electron chi connectivity index (χ2n) is 6.66. The molecular weight excluding hydrogens is 412 g/mol. The van der Waals surface area contributed by atoms with Gasteiger partial charge in [-0.15, -0.1) is 0 Å². The second-order valence-corrected chi connectivity index (χ2v) is 8.55. The van der Waals surface area contributed by atoms with E-state index in [-0.39, 0.29) is 22.8 Å². The molecule has 30 heavy (non-hydrogen) atoms. The number of ether oxygens (including phenoxy) is 2. The largest absolute Gasteiger partial charge is 0.493 e. The number of hydrogen-bond donors (Lipinski definition) is 2. The average molecular weight is 434 g/mol. The van der Waals surface area contributed by atoms with Crippen molar-refractivity contribution in [3.05, 3.63) is 48.0 Å². The maximum absolute atomic E-state index is 13.2. The van der Waals surface area contributed by atoms with Crippen LogP contribution < -0.4 is 14.8 Å². The van der Waals surface area contributed by atoms with Gasteiger partial charge in [-0.2, -0.15) is 4.31 Å². The fourth-order valence-corrected chi connectivity index (χ4v) is 5.00. The van der Waals surface area contributed by atoms with Gasteiger partial charge in [0.25, 0.3) is 0 Å². The second kappa shape index (κ2) is 8.72. The van der Waals surface area contributed by atoms with Gasteiger partial charge in [0.1, 0.15) is 6.04 Å². The lowest BCUT2D eigenvalue weighted by Gasteiger charge is -2.24. The van der Waals surface area contributed by atoms with Crippen LogP contribution in [0.4, 0.5) is 5.69 Å². The van der Waals surface area contributed by atoms with Crippen LogP contribution in [0.25, 0.3) is 0 Å². The number of carboxylic acids is 1. The summed E-state index contributed by atoms with van der Waals surface area (Å²) in [6.45, 7) is 0.215. The van der Waals surface area contributed by atoms with Crippen molar-refractivity contribution in [3.8, 4) is 11.5 Å². The minimum atomic E-state index is -3.94. The summed E-state index contributed by atoms with van der Waals surface area (Å²) in [5.41, 5.74) is 0.479. The summed E-state index contributed by atoms with van der Waals surface area (Å²) in [5.74, 6) is -0.871. The lowest BCUT2D eigenvalue weighted by molar-refractivity contribution is -0.119. The number of nitrogens with zero attached hydrogens (tertiary/aromatic N) is 1. The third-order valence-corrected chi connectivity index (χ3v) is 6.77. The Morgan fingerprint density at radius 2 is 1.73 bits per heavy atom. The Kier molecular flexibility index (Phi) is 6.28. The Labute approximate surface area is 174 Å². The molecule has 2 aromatic rings. The molecule has 0 spiro atoms. The summed E-state index contributed by atoms with van der Waals surface area (Å²) in [6, 6.07) is 9.06. The molecule has 160 valence electrons. The first-order valence-corrected chi connectivity index (χ1v) is 10.6. The van der Waals surface area contributed by atoms with E-state index in [0.29, 0.717) is 24.3 Å². The number of rotatable bonds is 7. The molecule has 0 radical (unpaired) electrons. The minimum absolute atomic E-state index is 0.00524. The van der Waals surface area contributed by atoms with Crippen molar-refractivity contribution in [1.82, 2.24) is 4.31 Å². The maximum Gasteiger partial charge on any atom is 0.335 e. The Balaban J connectivity index is 1.81. The summed E-state index contributed by atoms with van der Waals surface area (Å²) in [7, 11) is -1.07. The lowest BCUT2D eigenvalue weighted by atomic mass is 10.2. The molecule has 0 aliphatic carbocycles. The fourth-order valence-electron chi connectivity index (χ4n) is 3.32. The highest BCUT2D eigenvalue weighted by atomic mass is 32.2. The molecule has 3 rings (SSSR count). The maximum atomic E-state index is 13.2. The zero-order valence-electron chi connectivity index (χ0n) is 16.5. The lowest BCUT2D eigenvalue weighted by Crippen LogP contribution is -2.43. The van der Waals surface area contributed by atoms with Crippen LogP contribution >= 0.6 is 0 Å². The van der Waals surface area contributed by atoms with Crippen LogP contribution in [0, 0.1) is 0 Å². The van der Waals surface area contributed by atoms with Gasteiger partial charge in [-0.3, -0.25) is 4.79 Å². The molecule has 9 nitrogen and oxygen atoms in total. The number of methoxy groups -OCH3 is 2. The SMILES string of the molecule is COc1ccc(S(=O)(=O)N2CCCC2C(=O)Nc2ccc(C(=O)O)cc2)cc1OC. The number of amides is 1. The molecule has 2 N–H and O–H groups in total. The van der Waals surface area contributed by atoms with E-state index in [1.54, 1.807) is 0 Å². The van der Waals surface area contributed by atoms with Gasteiger partial charge in [0.2, 0.25) is 15.9 Å². The van der Waals surface area contributed by atoms with Crippen molar-refractivity contribution in [2.24, 2.45) is 0 Å². The standard InChI is InChI=1S/C20H22N2O7S/c1-28-17-10-9-15(12-18(17)29-2)30(26,27)22-11-3-4-16(22)19(23)21-14-7-5-13(6-8-14)20(24)25/h5-10,12,16H,3-4,11H2,1-2H3,(H,21,23)(H,24,25). The Morgan fingerprint density at radius 1 is 1.07 bits per heavy atom. The number of carbonyl (C=O) groups is 2. The third-order valence-electron chi connectivity index (χ3n) is 4.87. The van der Waals surface area contributed by atoms with E-state index in [9.17, 15) is 18.0 Å². The summed E-state index contributed by atoms with van der Waals surface area (Å²) >= 11 is 0. The van der Waals surface area contributed by atoms with Crippen LogP contribution in [0.5, 0.6) is 11.5 Å². The molecule has 2 aromatic carbocycles. The van der Waals surface area contributed by atoms with Gasteiger partial charge >= 0.3 is 5.97 Å². The molecule has 1 amide bonds. The highest BCUT2D eigenvalue weighted by molar-refractivity contribution is 7.89. The number of carboxylic acid groups (broad SMARTS) is 1. The van der Waals surface area contributed by atoms with Gasteiger partial charge in [0, 0.05) is 18.3 Å². The number of anilines is 1. The Bertz CT molecular complexity index is 1050. The van der Waals surface area contributed by atoms with Gasteiger partial charge in [-0.25, -0.2) is 13.2 Å². The van der Waals surface area contributed by atoms with Crippen LogP contribution in [0.2, 0.25) is 0 Å². The van der Waals surface area contributed by atoms with Crippen LogP contribution in [0.3, 0.4) is 0 Å². The number of nitrogens with one attached hydrogen (secondary N) is 1. The first-order valence-electron chi connectivity index (χ1n) is 9.16. The van der Waals surface area contributed by atoms with Crippen LogP contribution in [0.15, 0.2) is 47.4 Å². The summed E-state index contributed by atoms with van der Waals surface area (Å²) < 4.78 is 37.9. The fraction of sp³-hybridized carbons (Fsp3) is 0.300. The van der Waals surface area contributed by atoms with Gasteiger partial charge in [0.05, 0.1) is 24.7 Å². The molecule has 1 atom stereocenters. The topological polar surface area (TPSA) is 122 Å². The van der Waals surface area contributed by atoms with Crippen LogP contribution in [0.1, 0.15) is 23.2 Å². The Morgan fingerprint density at radius 3 is 2.33 bits per heavy atom. The van der Waals surface area contributed by atoms with E-state index in [1.807, 2.05) is 0 Å². The molecular formula is C20H22N2O7S. The van der Waals surface area contributed by atoms with Crippen LogP contribution in [-0.4, -0.2) is 56.5 Å². The van der Waals surface area contributed by atoms with Gasteiger partial charge in [0.15, 0.2) is 11.5 Å². The normalized spacial score (nSPS) is 16.8. The smallest absolute Gasteiger partial charge is 0.335 e. The van der Waals surface area contributed by atoms with Crippen molar-refractivity contribution in [2.45, 2.75) is 23.8 Å². The van der Waals surface area contributed by atoms with E-state index in [1.165, 1.54) is 61.0 Å². The van der Waals surface area contributed by atoms with E-state index in [0.717, 1.165) is 0 Å². The summed E-state index contributed by atoms with van der Waals surface area (Å²) in [5, 5.41) is 11.6. The van der Waals surface area contributed by atoms with Crippen molar-refractivity contribution >= 4 is 27.6 Å². The highest BCUT2D eigenvalue weighted by Crippen LogP contribution is 2.33. The molecule has 1 aliphatic rings. The van der Waals surface area contributed by atoms with Crippen molar-refractivity contribution in [1.29, 1.82) is 0 Å². The molecule has 0 aromatic heterocycles. The molecule has 1 fully saturated rings. The first-order chi connectivity index (χ1) is 14.3. The average Bonchev–Trinajstić information content (AvgIpc) is 3.24. The van der Waals surface area contributed by atoms with E-state index >= 15 is 0 Å². The number of aromatic carboxylic acids is 1. The van der Waals surface area contributed by atoms with Gasteiger partial charge in [-0.05, 0) is 49.2 Å². The molecule has 1 aliphatic heterocycles. The van der Waals surface area contributed by atoms with E-state index < -0.39 is 27.9 Å². The monoisotopic (exact) mass is 434 g/mol. The quantitative estimate of drug-likeness (QED) is 0.685. The summed E-state index contributed by atoms with van der Waals surface area (Å²) in [6.07, 6.45) is 0.925. The van der Waals surface area contributed by atoms with Crippen molar-refractivity contribution < 1.29 is 32.6 Å². The van der Waals surface area contributed by atoms with Crippen molar-refractivity contribution in [3.63, 3.8) is 0 Å². The molecule has 0 saturated carbocycles. The van der Waals surface area contributed by atoms with E-state index in [2.05, 4.69) is 5.32 Å². The van der Waals surface area contributed by atoms with Crippen LogP contribution in [-0.2, 0) is 14.8 Å². The predicted molar refractivity (Wildman–Crippen MR) is 108 cm³/mol. The molecule has 0 bridgehead atoms. The summed E-state index contributed by atoms with van der Waals surface area (Å²) in [4.78, 5) is 23.7. The number of hydrogen-bond acceptors (Lipinski definition) is 6. The minimum Gasteiger partial charge on any atom is -0.493 e. The predicted octanol–water partition coefficient (Wildman–Crippen LogP) is 2.19.